The molecule has 1 fully saturated rings. The van der Waals surface area contributed by atoms with Crippen molar-refractivity contribution >= 4 is 24.0 Å². The van der Waals surface area contributed by atoms with E-state index in [-0.39, 0.29) is 18.3 Å². The van der Waals surface area contributed by atoms with Crippen LogP contribution in [0.3, 0.4) is 0 Å². The largest absolute Gasteiger partial charge is 0.399 e. The Morgan fingerprint density at radius 2 is 1.84 bits per heavy atom. The Morgan fingerprint density at radius 3 is 2.42 bits per heavy atom. The molecule has 1 aliphatic carbocycles. The second-order valence-electron chi connectivity index (χ2n) is 5.71. The molecule has 2 rings (SSSR count). The summed E-state index contributed by atoms with van der Waals surface area (Å²) in [6.07, 6.45) is 5.50. The van der Waals surface area contributed by atoms with Crippen LogP contribution in [0.1, 0.15) is 38.2 Å². The number of anilines is 1. The van der Waals surface area contributed by atoms with Crippen LogP contribution >= 0.6 is 12.4 Å². The lowest BCUT2D eigenvalue weighted by atomic mass is 9.89. The third-order valence-electron chi connectivity index (χ3n) is 3.87. The van der Waals surface area contributed by atoms with Crippen LogP contribution in [0.5, 0.6) is 0 Å². The van der Waals surface area contributed by atoms with Gasteiger partial charge in [0.25, 0.3) is 0 Å². The highest BCUT2D eigenvalue weighted by atomic mass is 35.5. The fourth-order valence-electron chi connectivity index (χ4n) is 2.60. The standard InChI is InChI=1S/C15H22N2O.ClH/c1-15(8-2-3-9-15)11-17-14(18)10-12-4-6-13(16)7-5-12;/h4-7H,2-3,8-11,16H2,1H3,(H,17,18);1H. The highest BCUT2D eigenvalue weighted by Gasteiger charge is 2.28. The summed E-state index contributed by atoms with van der Waals surface area (Å²) in [5.74, 6) is 0.105. The molecule has 3 N–H and O–H groups in total. The topological polar surface area (TPSA) is 55.1 Å². The molecular formula is C15H23ClN2O. The molecule has 0 bridgehead atoms. The Bertz CT molecular complexity index is 411. The van der Waals surface area contributed by atoms with Gasteiger partial charge in [0.2, 0.25) is 5.91 Å². The molecule has 0 unspecified atom stereocenters. The summed E-state index contributed by atoms with van der Waals surface area (Å²) in [7, 11) is 0. The number of amides is 1. The zero-order valence-electron chi connectivity index (χ0n) is 11.4. The normalized spacial score (nSPS) is 16.7. The first-order valence-electron chi connectivity index (χ1n) is 6.69. The maximum absolute atomic E-state index is 11.9. The second-order valence-corrected chi connectivity index (χ2v) is 5.71. The van der Waals surface area contributed by atoms with Gasteiger partial charge in [0, 0.05) is 12.2 Å². The van der Waals surface area contributed by atoms with Crippen molar-refractivity contribution in [2.75, 3.05) is 12.3 Å². The number of carbonyl (C=O) groups is 1. The van der Waals surface area contributed by atoms with E-state index in [1.807, 2.05) is 24.3 Å². The molecule has 0 spiro atoms. The lowest BCUT2D eigenvalue weighted by molar-refractivity contribution is -0.120. The number of carbonyl (C=O) groups excluding carboxylic acids is 1. The molecule has 0 aromatic heterocycles. The van der Waals surface area contributed by atoms with Gasteiger partial charge in [-0.05, 0) is 36.0 Å². The molecule has 1 amide bonds. The number of hydrogen-bond donors (Lipinski definition) is 2. The van der Waals surface area contributed by atoms with E-state index in [1.54, 1.807) is 0 Å². The van der Waals surface area contributed by atoms with Gasteiger partial charge in [-0.25, -0.2) is 0 Å². The van der Waals surface area contributed by atoms with Crippen LogP contribution in [0.25, 0.3) is 0 Å². The fourth-order valence-corrected chi connectivity index (χ4v) is 2.60. The number of nitrogen functional groups attached to an aromatic ring is 1. The van der Waals surface area contributed by atoms with Crippen molar-refractivity contribution in [2.24, 2.45) is 5.41 Å². The molecule has 1 aromatic rings. The van der Waals surface area contributed by atoms with Gasteiger partial charge in [0.1, 0.15) is 0 Å². The Balaban J connectivity index is 0.00000180. The Kier molecular flexibility index (Phi) is 5.67. The quantitative estimate of drug-likeness (QED) is 0.834. The van der Waals surface area contributed by atoms with Crippen LogP contribution < -0.4 is 11.1 Å². The summed E-state index contributed by atoms with van der Waals surface area (Å²) in [6, 6.07) is 7.49. The maximum Gasteiger partial charge on any atom is 0.224 e. The molecule has 0 atom stereocenters. The first-order valence-corrected chi connectivity index (χ1v) is 6.69. The number of nitrogens with two attached hydrogens (primary N) is 1. The molecule has 4 heteroatoms. The van der Waals surface area contributed by atoms with Gasteiger partial charge in [0.15, 0.2) is 0 Å². The van der Waals surface area contributed by atoms with E-state index >= 15 is 0 Å². The predicted octanol–water partition coefficient (Wildman–Crippen LogP) is 2.93. The third kappa shape index (κ3) is 4.75. The van der Waals surface area contributed by atoms with Crippen LogP contribution in [0.15, 0.2) is 24.3 Å². The van der Waals surface area contributed by atoms with E-state index < -0.39 is 0 Å². The van der Waals surface area contributed by atoms with E-state index in [2.05, 4.69) is 12.2 Å². The molecule has 0 radical (unpaired) electrons. The monoisotopic (exact) mass is 282 g/mol. The highest BCUT2D eigenvalue weighted by Crippen LogP contribution is 2.36. The zero-order chi connectivity index (χ0) is 13.0. The van der Waals surface area contributed by atoms with Gasteiger partial charge in [-0.3, -0.25) is 4.79 Å². The molecule has 0 aliphatic heterocycles. The van der Waals surface area contributed by atoms with Crippen LogP contribution in [0.4, 0.5) is 5.69 Å². The lowest BCUT2D eigenvalue weighted by Crippen LogP contribution is -2.34. The minimum atomic E-state index is 0. The lowest BCUT2D eigenvalue weighted by Gasteiger charge is -2.23. The highest BCUT2D eigenvalue weighted by molar-refractivity contribution is 5.85. The van der Waals surface area contributed by atoms with Crippen molar-refractivity contribution in [3.63, 3.8) is 0 Å². The van der Waals surface area contributed by atoms with E-state index in [0.717, 1.165) is 17.8 Å². The first-order chi connectivity index (χ1) is 8.57. The average Bonchev–Trinajstić information content (AvgIpc) is 2.78. The van der Waals surface area contributed by atoms with E-state index in [0.29, 0.717) is 11.8 Å². The van der Waals surface area contributed by atoms with E-state index in [4.69, 9.17) is 5.73 Å². The minimum absolute atomic E-state index is 0. The molecule has 3 nitrogen and oxygen atoms in total. The Morgan fingerprint density at radius 1 is 1.26 bits per heavy atom. The molecule has 106 valence electrons. The SMILES string of the molecule is CC1(CNC(=O)Cc2ccc(N)cc2)CCCC1.Cl. The third-order valence-corrected chi connectivity index (χ3v) is 3.87. The van der Waals surface area contributed by atoms with Crippen molar-refractivity contribution in [3.8, 4) is 0 Å². The molecule has 1 saturated carbocycles. The predicted molar refractivity (Wildman–Crippen MR) is 81.4 cm³/mol. The first kappa shape index (κ1) is 15.8. The maximum atomic E-state index is 11.9. The molecule has 0 saturated heterocycles. The summed E-state index contributed by atoms with van der Waals surface area (Å²) < 4.78 is 0. The fraction of sp³-hybridized carbons (Fsp3) is 0.533. The van der Waals surface area contributed by atoms with Crippen LogP contribution in [0.2, 0.25) is 0 Å². The van der Waals surface area contributed by atoms with Crippen LogP contribution in [-0.2, 0) is 11.2 Å². The number of benzene rings is 1. The molecule has 1 aliphatic rings. The summed E-state index contributed by atoms with van der Waals surface area (Å²) in [5.41, 5.74) is 7.68. The van der Waals surface area contributed by atoms with E-state index in [1.165, 1.54) is 25.7 Å². The van der Waals surface area contributed by atoms with Crippen molar-refractivity contribution in [1.29, 1.82) is 0 Å². The number of halogens is 1. The molecule has 19 heavy (non-hydrogen) atoms. The van der Waals surface area contributed by atoms with Gasteiger partial charge < -0.3 is 11.1 Å². The van der Waals surface area contributed by atoms with Gasteiger partial charge in [-0.2, -0.15) is 0 Å². The molecular weight excluding hydrogens is 260 g/mol. The molecule has 1 aromatic carbocycles. The van der Waals surface area contributed by atoms with Crippen molar-refractivity contribution in [3.05, 3.63) is 29.8 Å². The van der Waals surface area contributed by atoms with Gasteiger partial charge >= 0.3 is 0 Å². The van der Waals surface area contributed by atoms with E-state index in [9.17, 15) is 4.79 Å². The van der Waals surface area contributed by atoms with Gasteiger partial charge in [-0.15, -0.1) is 12.4 Å². The Hall–Kier alpha value is -1.22. The van der Waals surface area contributed by atoms with Crippen molar-refractivity contribution in [1.82, 2.24) is 5.32 Å². The van der Waals surface area contributed by atoms with Gasteiger partial charge in [-0.1, -0.05) is 31.9 Å². The smallest absolute Gasteiger partial charge is 0.224 e. The summed E-state index contributed by atoms with van der Waals surface area (Å²) in [5, 5.41) is 3.06. The minimum Gasteiger partial charge on any atom is -0.399 e. The summed E-state index contributed by atoms with van der Waals surface area (Å²) in [6.45, 7) is 3.07. The second kappa shape index (κ2) is 6.80. The van der Waals surface area contributed by atoms with Crippen molar-refractivity contribution in [2.45, 2.75) is 39.0 Å². The summed E-state index contributed by atoms with van der Waals surface area (Å²) >= 11 is 0. The number of rotatable bonds is 4. The van der Waals surface area contributed by atoms with Crippen molar-refractivity contribution < 1.29 is 4.79 Å². The van der Waals surface area contributed by atoms with Crippen LogP contribution in [-0.4, -0.2) is 12.5 Å². The average molecular weight is 283 g/mol. The van der Waals surface area contributed by atoms with Gasteiger partial charge in [0.05, 0.1) is 6.42 Å². The van der Waals surface area contributed by atoms with Crippen LogP contribution in [0, 0.1) is 5.41 Å². The number of hydrogen-bond acceptors (Lipinski definition) is 2. The Labute approximate surface area is 121 Å². The summed E-state index contributed by atoms with van der Waals surface area (Å²) in [4.78, 5) is 11.9. The number of nitrogens with one attached hydrogen (secondary N) is 1. The molecule has 0 heterocycles. The zero-order valence-corrected chi connectivity index (χ0v) is 12.3.